The average Bonchev–Trinajstić information content (AvgIpc) is 2.61. The second-order valence-electron chi connectivity index (χ2n) is 3.00. The maximum atomic E-state index is 11.4. The normalized spacial score (nSPS) is 9.93. The van der Waals surface area contributed by atoms with E-state index in [-0.39, 0.29) is 6.42 Å². The smallest absolute Gasteiger partial charge is 0.339 e. The lowest BCUT2D eigenvalue weighted by Crippen LogP contribution is -2.25. The van der Waals surface area contributed by atoms with Crippen LogP contribution in [0.1, 0.15) is 29.3 Å². The molecule has 0 bridgehead atoms. The van der Waals surface area contributed by atoms with Crippen molar-refractivity contribution in [1.29, 1.82) is 0 Å². The van der Waals surface area contributed by atoms with E-state index in [1.165, 1.54) is 11.3 Å². The lowest BCUT2D eigenvalue weighted by Gasteiger charge is -2.05. The Bertz CT molecular complexity index is 356. The number of hydrogen-bond acceptors (Lipinski definition) is 5. The highest BCUT2D eigenvalue weighted by molar-refractivity contribution is 7.08. The minimum absolute atomic E-state index is 0.250. The van der Waals surface area contributed by atoms with Crippen LogP contribution in [0.4, 0.5) is 0 Å². The molecule has 0 atom stereocenters. The van der Waals surface area contributed by atoms with Crippen LogP contribution in [0, 0.1) is 0 Å². The minimum Gasteiger partial charge on any atom is -0.550 e. The number of ether oxygens (including phenoxy) is 1. The Morgan fingerprint density at radius 1 is 1.47 bits per heavy atom. The maximum absolute atomic E-state index is 11.4. The summed E-state index contributed by atoms with van der Waals surface area (Å²) in [4.78, 5) is 21.8. The van der Waals surface area contributed by atoms with Crippen molar-refractivity contribution < 1.29 is 19.4 Å². The Labute approximate surface area is 91.5 Å². The number of aliphatic carboxylic acids is 1. The van der Waals surface area contributed by atoms with Gasteiger partial charge in [-0.05, 0) is 17.4 Å². The summed E-state index contributed by atoms with van der Waals surface area (Å²) >= 11 is 1.28. The van der Waals surface area contributed by atoms with Gasteiger partial charge < -0.3 is 14.6 Å². The Morgan fingerprint density at radius 2 is 2.20 bits per heavy atom. The lowest BCUT2D eigenvalue weighted by atomic mass is 10.1. The van der Waals surface area contributed by atoms with Crippen molar-refractivity contribution in [2.24, 2.45) is 0 Å². The van der Waals surface area contributed by atoms with Crippen molar-refractivity contribution in [2.75, 3.05) is 6.61 Å². The van der Waals surface area contributed by atoms with Crippen molar-refractivity contribution in [3.8, 4) is 0 Å². The fourth-order valence-electron chi connectivity index (χ4n) is 1.07. The Morgan fingerprint density at radius 3 is 2.80 bits per heavy atom. The molecule has 1 heterocycles. The fourth-order valence-corrected chi connectivity index (χ4v) is 1.89. The van der Waals surface area contributed by atoms with Gasteiger partial charge in [-0.2, -0.15) is 11.3 Å². The van der Waals surface area contributed by atoms with E-state index in [1.807, 2.05) is 6.92 Å². The molecule has 15 heavy (non-hydrogen) atoms. The highest BCUT2D eigenvalue weighted by atomic mass is 32.1. The third-order valence-electron chi connectivity index (χ3n) is 1.73. The van der Waals surface area contributed by atoms with Gasteiger partial charge in [0.15, 0.2) is 0 Å². The summed E-state index contributed by atoms with van der Waals surface area (Å²) in [6, 6.07) is 0. The molecule has 0 N–H and O–H groups in total. The molecule has 0 amide bonds. The second-order valence-corrected chi connectivity index (χ2v) is 3.74. The number of hydrogen-bond donors (Lipinski definition) is 0. The van der Waals surface area contributed by atoms with E-state index in [2.05, 4.69) is 0 Å². The Hall–Kier alpha value is -1.36. The van der Waals surface area contributed by atoms with Crippen molar-refractivity contribution in [3.63, 3.8) is 0 Å². The van der Waals surface area contributed by atoms with E-state index in [1.54, 1.807) is 10.8 Å². The SMILES string of the molecule is CCCOC(=O)c1cscc1CC(=O)[O-]. The molecule has 0 aliphatic heterocycles. The van der Waals surface area contributed by atoms with Gasteiger partial charge in [0.25, 0.3) is 0 Å². The first-order valence-corrected chi connectivity index (χ1v) is 5.51. The summed E-state index contributed by atoms with van der Waals surface area (Å²) in [7, 11) is 0. The first kappa shape index (κ1) is 11.7. The van der Waals surface area contributed by atoms with Crippen molar-refractivity contribution >= 4 is 23.3 Å². The summed E-state index contributed by atoms with van der Waals surface area (Å²) in [5.74, 6) is -1.66. The molecule has 0 aromatic carbocycles. The Kier molecular flexibility index (Phi) is 4.30. The van der Waals surface area contributed by atoms with Gasteiger partial charge in [0.2, 0.25) is 0 Å². The number of carboxylic acid groups (broad SMARTS) is 1. The minimum atomic E-state index is -1.20. The molecule has 82 valence electrons. The maximum Gasteiger partial charge on any atom is 0.339 e. The molecule has 4 nitrogen and oxygen atoms in total. The van der Waals surface area contributed by atoms with E-state index >= 15 is 0 Å². The second kappa shape index (κ2) is 5.50. The van der Waals surface area contributed by atoms with Crippen molar-refractivity contribution in [3.05, 3.63) is 21.9 Å². The molecule has 0 aliphatic carbocycles. The molecule has 0 saturated heterocycles. The number of esters is 1. The molecular formula is C10H11O4S-. The molecule has 5 heteroatoms. The van der Waals surface area contributed by atoms with Crippen LogP contribution in [0.5, 0.6) is 0 Å². The van der Waals surface area contributed by atoms with Gasteiger partial charge in [-0.1, -0.05) is 6.92 Å². The number of carbonyl (C=O) groups is 2. The number of thiophene rings is 1. The molecule has 0 fully saturated rings. The van der Waals surface area contributed by atoms with E-state index in [0.29, 0.717) is 17.7 Å². The topological polar surface area (TPSA) is 66.4 Å². The zero-order valence-electron chi connectivity index (χ0n) is 8.32. The monoisotopic (exact) mass is 227 g/mol. The van der Waals surface area contributed by atoms with Gasteiger partial charge in [0.05, 0.1) is 12.2 Å². The van der Waals surface area contributed by atoms with Crippen LogP contribution in [-0.2, 0) is 16.0 Å². The van der Waals surface area contributed by atoms with Gasteiger partial charge in [-0.3, -0.25) is 0 Å². The van der Waals surface area contributed by atoms with E-state index in [0.717, 1.165) is 6.42 Å². The highest BCUT2D eigenvalue weighted by Crippen LogP contribution is 2.16. The fraction of sp³-hybridized carbons (Fsp3) is 0.400. The van der Waals surface area contributed by atoms with Crippen molar-refractivity contribution in [2.45, 2.75) is 19.8 Å². The largest absolute Gasteiger partial charge is 0.550 e. The van der Waals surface area contributed by atoms with Crippen LogP contribution in [0.25, 0.3) is 0 Å². The van der Waals surface area contributed by atoms with Gasteiger partial charge in [0.1, 0.15) is 0 Å². The summed E-state index contributed by atoms with van der Waals surface area (Å²) < 4.78 is 4.91. The first-order chi connectivity index (χ1) is 7.15. The van der Waals surface area contributed by atoms with Crippen LogP contribution in [0.2, 0.25) is 0 Å². The standard InChI is InChI=1S/C10H12O4S/c1-2-3-14-10(13)8-6-15-5-7(8)4-9(11)12/h5-6H,2-4H2,1H3,(H,11,12)/p-1. The summed E-state index contributed by atoms with van der Waals surface area (Å²) in [5.41, 5.74) is 0.791. The van der Waals surface area contributed by atoms with E-state index in [9.17, 15) is 14.7 Å². The lowest BCUT2D eigenvalue weighted by molar-refractivity contribution is -0.304. The number of carboxylic acids is 1. The van der Waals surface area contributed by atoms with Gasteiger partial charge >= 0.3 is 5.97 Å². The Balaban J connectivity index is 2.71. The molecule has 0 saturated carbocycles. The van der Waals surface area contributed by atoms with Crippen LogP contribution in [0.15, 0.2) is 10.8 Å². The van der Waals surface area contributed by atoms with Gasteiger partial charge in [0, 0.05) is 17.8 Å². The van der Waals surface area contributed by atoms with Crippen molar-refractivity contribution in [1.82, 2.24) is 0 Å². The molecule has 1 aromatic heterocycles. The predicted octanol–water partition coefficient (Wildman–Crippen LogP) is 0.607. The van der Waals surface area contributed by atoms with Crippen LogP contribution < -0.4 is 5.11 Å². The van der Waals surface area contributed by atoms with Gasteiger partial charge in [-0.15, -0.1) is 0 Å². The third kappa shape index (κ3) is 3.36. The summed E-state index contributed by atoms with van der Waals surface area (Å²) in [6.07, 6.45) is 0.492. The molecule has 1 aromatic rings. The predicted molar refractivity (Wildman–Crippen MR) is 53.6 cm³/mol. The molecule has 0 unspecified atom stereocenters. The van der Waals surface area contributed by atoms with E-state index in [4.69, 9.17) is 4.74 Å². The van der Waals surface area contributed by atoms with Crippen LogP contribution in [-0.4, -0.2) is 18.5 Å². The molecular weight excluding hydrogens is 216 g/mol. The zero-order chi connectivity index (χ0) is 11.3. The first-order valence-electron chi connectivity index (χ1n) is 4.57. The average molecular weight is 227 g/mol. The van der Waals surface area contributed by atoms with Gasteiger partial charge in [-0.25, -0.2) is 4.79 Å². The molecule has 1 rings (SSSR count). The molecule has 0 radical (unpaired) electrons. The number of rotatable bonds is 5. The third-order valence-corrected chi connectivity index (χ3v) is 2.53. The highest BCUT2D eigenvalue weighted by Gasteiger charge is 2.13. The zero-order valence-corrected chi connectivity index (χ0v) is 9.13. The summed E-state index contributed by atoms with van der Waals surface area (Å²) in [6.45, 7) is 2.24. The summed E-state index contributed by atoms with van der Waals surface area (Å²) in [5, 5.41) is 13.6. The van der Waals surface area contributed by atoms with Crippen LogP contribution >= 0.6 is 11.3 Å². The number of carbonyl (C=O) groups excluding carboxylic acids is 2. The van der Waals surface area contributed by atoms with Crippen LogP contribution in [0.3, 0.4) is 0 Å². The molecule has 0 aliphatic rings. The quantitative estimate of drug-likeness (QED) is 0.691. The van der Waals surface area contributed by atoms with E-state index < -0.39 is 11.9 Å². The molecule has 0 spiro atoms.